The molecular formula is C55H112S. The Kier molecular flexibility index (Phi) is 53.7. The smallest absolute Gasteiger partial charge is 0.00675 e. The van der Waals surface area contributed by atoms with Gasteiger partial charge in [-0.15, -0.1) is 0 Å². The largest absolute Gasteiger partial charge is 0.162 e. The molecule has 0 atom stereocenters. The average Bonchev–Trinajstić information content (AvgIpc) is 3.20. The Labute approximate surface area is 363 Å². The van der Waals surface area contributed by atoms with E-state index in [1.165, 1.54) is 326 Å². The Hall–Kier alpha value is 0.350. The second-order valence-electron chi connectivity index (χ2n) is 19.4. The molecule has 0 aromatic rings. The van der Waals surface area contributed by atoms with Gasteiger partial charge in [0.15, 0.2) is 0 Å². The predicted molar refractivity (Wildman–Crippen MR) is 264 cm³/mol. The topological polar surface area (TPSA) is 0 Å². The van der Waals surface area contributed by atoms with Crippen molar-refractivity contribution in [2.24, 2.45) is 5.92 Å². The normalized spacial score (nSPS) is 11.8. The first-order valence-corrected chi connectivity index (χ1v) is 28.5. The van der Waals surface area contributed by atoms with Crippen LogP contribution in [0.2, 0.25) is 0 Å². The number of unbranched alkanes of at least 4 members (excludes halogenated alkanes) is 46. The molecule has 0 aliphatic heterocycles. The van der Waals surface area contributed by atoms with Gasteiger partial charge in [0.25, 0.3) is 0 Å². The zero-order chi connectivity index (χ0) is 40.3. The molecule has 0 saturated heterocycles. The number of rotatable bonds is 52. The van der Waals surface area contributed by atoms with Crippen LogP contribution in [0, 0.1) is 5.92 Å². The van der Waals surface area contributed by atoms with Crippen LogP contribution in [0.3, 0.4) is 0 Å². The van der Waals surface area contributed by atoms with Crippen molar-refractivity contribution in [2.75, 3.05) is 11.5 Å². The molecule has 1 heteroatoms. The quantitative estimate of drug-likeness (QED) is 0.0552. The highest BCUT2D eigenvalue weighted by molar-refractivity contribution is 7.99. The van der Waals surface area contributed by atoms with E-state index in [9.17, 15) is 0 Å². The lowest BCUT2D eigenvalue weighted by atomic mass is 10.0. The van der Waals surface area contributed by atoms with Crippen LogP contribution >= 0.6 is 11.8 Å². The fourth-order valence-electron chi connectivity index (χ4n) is 8.91. The Morgan fingerprint density at radius 1 is 0.214 bits per heavy atom. The van der Waals surface area contributed by atoms with Crippen molar-refractivity contribution in [2.45, 2.75) is 335 Å². The first kappa shape index (κ1) is 56.4. The molecule has 0 amide bonds. The van der Waals surface area contributed by atoms with Crippen molar-refractivity contribution in [3.63, 3.8) is 0 Å². The second kappa shape index (κ2) is 53.4. The van der Waals surface area contributed by atoms with Crippen molar-refractivity contribution in [3.8, 4) is 0 Å². The summed E-state index contributed by atoms with van der Waals surface area (Å²) in [7, 11) is 0. The highest BCUT2D eigenvalue weighted by atomic mass is 32.2. The van der Waals surface area contributed by atoms with E-state index < -0.39 is 0 Å². The molecular weight excluding hydrogens is 693 g/mol. The minimum atomic E-state index is 0.895. The van der Waals surface area contributed by atoms with Gasteiger partial charge in [-0.3, -0.25) is 0 Å². The SMILES string of the molecule is CCCCCCCCCCCCCCCCCCCCCCCCCCCCSCCCCCCCCCCCCCCCCCCCCCCCCC(C)C. The van der Waals surface area contributed by atoms with E-state index in [-0.39, 0.29) is 0 Å². The average molecular weight is 806 g/mol. The third-order valence-corrected chi connectivity index (χ3v) is 14.1. The van der Waals surface area contributed by atoms with E-state index in [0.717, 1.165) is 5.92 Å². The molecule has 0 N–H and O–H groups in total. The fourth-order valence-corrected chi connectivity index (χ4v) is 9.93. The van der Waals surface area contributed by atoms with E-state index in [1.807, 2.05) is 0 Å². The summed E-state index contributed by atoms with van der Waals surface area (Å²) in [5.74, 6) is 3.72. The molecule has 0 heterocycles. The first-order chi connectivity index (χ1) is 27.8. The van der Waals surface area contributed by atoms with Crippen LogP contribution in [0.15, 0.2) is 0 Å². The maximum Gasteiger partial charge on any atom is -0.00675 e. The van der Waals surface area contributed by atoms with Gasteiger partial charge in [-0.2, -0.15) is 11.8 Å². The second-order valence-corrected chi connectivity index (χ2v) is 20.6. The van der Waals surface area contributed by atoms with Crippen LogP contribution in [-0.4, -0.2) is 11.5 Å². The van der Waals surface area contributed by atoms with Crippen molar-refractivity contribution < 1.29 is 0 Å². The zero-order valence-electron chi connectivity index (χ0n) is 40.0. The summed E-state index contributed by atoms with van der Waals surface area (Å²) in [6.07, 6.45) is 72.7. The monoisotopic (exact) mass is 805 g/mol. The van der Waals surface area contributed by atoms with Gasteiger partial charge in [-0.1, -0.05) is 323 Å². The minimum Gasteiger partial charge on any atom is -0.162 e. The summed E-state index contributed by atoms with van der Waals surface area (Å²) in [6, 6.07) is 0. The van der Waals surface area contributed by atoms with Crippen LogP contribution in [0.4, 0.5) is 0 Å². The van der Waals surface area contributed by atoms with Crippen molar-refractivity contribution in [1.29, 1.82) is 0 Å². The predicted octanol–water partition coefficient (Wildman–Crippen LogP) is 21.5. The lowest BCUT2D eigenvalue weighted by Gasteiger charge is -2.05. The van der Waals surface area contributed by atoms with Crippen LogP contribution in [0.5, 0.6) is 0 Å². The molecule has 0 aromatic heterocycles. The standard InChI is InChI=1S/C55H112S/c1-4-5-6-7-8-9-10-11-12-13-14-15-16-17-18-20-23-26-29-32-35-38-41-44-47-50-53-56-54-51-48-45-42-39-36-33-30-27-24-21-19-22-25-28-31-34-37-40-43-46-49-52-55(2)3/h55H,4-54H2,1-3H3. The molecule has 0 saturated carbocycles. The molecule has 0 nitrogen and oxygen atoms in total. The maximum atomic E-state index is 2.35. The van der Waals surface area contributed by atoms with Crippen molar-refractivity contribution in [3.05, 3.63) is 0 Å². The molecule has 0 fully saturated rings. The van der Waals surface area contributed by atoms with Crippen LogP contribution in [-0.2, 0) is 0 Å². The summed E-state index contributed by atoms with van der Waals surface area (Å²) in [6.45, 7) is 7.02. The number of hydrogen-bond donors (Lipinski definition) is 0. The Morgan fingerprint density at radius 3 is 0.554 bits per heavy atom. The van der Waals surface area contributed by atoms with Crippen LogP contribution < -0.4 is 0 Å². The van der Waals surface area contributed by atoms with Crippen LogP contribution in [0.1, 0.15) is 335 Å². The molecule has 0 unspecified atom stereocenters. The molecule has 0 aliphatic rings. The van der Waals surface area contributed by atoms with Crippen molar-refractivity contribution >= 4 is 11.8 Å². The summed E-state index contributed by atoms with van der Waals surface area (Å²) in [5.41, 5.74) is 0. The molecule has 0 rings (SSSR count). The van der Waals surface area contributed by atoms with Gasteiger partial charge in [0.2, 0.25) is 0 Å². The Morgan fingerprint density at radius 2 is 0.375 bits per heavy atom. The highest BCUT2D eigenvalue weighted by Crippen LogP contribution is 2.19. The third-order valence-electron chi connectivity index (χ3n) is 13.0. The van der Waals surface area contributed by atoms with Gasteiger partial charge in [-0.05, 0) is 30.3 Å². The number of thioether (sulfide) groups is 1. The third kappa shape index (κ3) is 54.3. The molecule has 0 spiro atoms. The molecule has 338 valence electrons. The summed E-state index contributed by atoms with van der Waals surface area (Å²) in [4.78, 5) is 0. The zero-order valence-corrected chi connectivity index (χ0v) is 40.9. The van der Waals surface area contributed by atoms with E-state index in [2.05, 4.69) is 32.5 Å². The number of hydrogen-bond acceptors (Lipinski definition) is 1. The van der Waals surface area contributed by atoms with Gasteiger partial charge in [0, 0.05) is 0 Å². The minimum absolute atomic E-state index is 0.895. The lowest BCUT2D eigenvalue weighted by Crippen LogP contribution is -1.87. The van der Waals surface area contributed by atoms with E-state index in [1.54, 1.807) is 0 Å². The van der Waals surface area contributed by atoms with Gasteiger partial charge in [-0.25, -0.2) is 0 Å². The highest BCUT2D eigenvalue weighted by Gasteiger charge is 2.00. The van der Waals surface area contributed by atoms with Crippen LogP contribution in [0.25, 0.3) is 0 Å². The van der Waals surface area contributed by atoms with Gasteiger partial charge in [0.1, 0.15) is 0 Å². The lowest BCUT2D eigenvalue weighted by molar-refractivity contribution is 0.500. The summed E-state index contributed by atoms with van der Waals surface area (Å²) in [5, 5.41) is 0. The fraction of sp³-hybridized carbons (Fsp3) is 1.00. The maximum absolute atomic E-state index is 2.35. The molecule has 0 bridgehead atoms. The molecule has 0 aliphatic carbocycles. The molecule has 56 heavy (non-hydrogen) atoms. The Bertz CT molecular complexity index is 641. The van der Waals surface area contributed by atoms with Gasteiger partial charge < -0.3 is 0 Å². The van der Waals surface area contributed by atoms with Crippen molar-refractivity contribution in [1.82, 2.24) is 0 Å². The van der Waals surface area contributed by atoms with E-state index in [0.29, 0.717) is 0 Å². The summed E-state index contributed by atoms with van der Waals surface area (Å²) >= 11 is 2.24. The first-order valence-electron chi connectivity index (χ1n) is 27.3. The Balaban J connectivity index is 3.05. The van der Waals surface area contributed by atoms with E-state index >= 15 is 0 Å². The molecule has 0 aromatic carbocycles. The van der Waals surface area contributed by atoms with E-state index in [4.69, 9.17) is 0 Å². The molecule has 0 radical (unpaired) electrons. The summed E-state index contributed by atoms with van der Waals surface area (Å²) < 4.78 is 0. The van der Waals surface area contributed by atoms with Gasteiger partial charge in [0.05, 0.1) is 0 Å². The van der Waals surface area contributed by atoms with Gasteiger partial charge >= 0.3 is 0 Å².